The van der Waals surface area contributed by atoms with Crippen LogP contribution in [0.3, 0.4) is 0 Å². The molecule has 4 nitrogen and oxygen atoms in total. The number of nitrogens with two attached hydrogens (primary N) is 1. The third-order valence-electron chi connectivity index (χ3n) is 1.90. The zero-order chi connectivity index (χ0) is 11.2. The van der Waals surface area contributed by atoms with E-state index in [1.165, 1.54) is 0 Å². The minimum atomic E-state index is -4.55. The molecule has 0 saturated carbocycles. The second kappa shape index (κ2) is 2.78. The standard InChI is InChI=1S/C8H5F3N2O2/c9-8(10,11)3-1-5-6(2-4(3)12)15-7(14)13-5/h1-2H,12H2,(H,13,14). The quantitative estimate of drug-likeness (QED) is 0.661. The molecule has 2 rings (SSSR count). The monoisotopic (exact) mass is 218 g/mol. The highest BCUT2D eigenvalue weighted by Gasteiger charge is 2.33. The van der Waals surface area contributed by atoms with E-state index in [0.29, 0.717) is 0 Å². The van der Waals surface area contributed by atoms with Crippen LogP contribution in [0.25, 0.3) is 11.1 Å². The van der Waals surface area contributed by atoms with Gasteiger partial charge in [-0.3, -0.25) is 4.98 Å². The van der Waals surface area contributed by atoms with Crippen LogP contribution >= 0.6 is 0 Å². The second-order valence-electron chi connectivity index (χ2n) is 2.95. The molecule has 0 bridgehead atoms. The van der Waals surface area contributed by atoms with Gasteiger partial charge in [-0.25, -0.2) is 4.79 Å². The molecule has 1 aromatic heterocycles. The van der Waals surface area contributed by atoms with E-state index in [1.54, 1.807) is 0 Å². The van der Waals surface area contributed by atoms with Gasteiger partial charge in [0.25, 0.3) is 0 Å². The summed E-state index contributed by atoms with van der Waals surface area (Å²) in [6.45, 7) is 0. The molecule has 0 radical (unpaired) electrons. The Kier molecular flexibility index (Phi) is 1.79. The average Bonchev–Trinajstić information content (AvgIpc) is 2.40. The van der Waals surface area contributed by atoms with Crippen LogP contribution in [0.1, 0.15) is 5.56 Å². The van der Waals surface area contributed by atoms with Gasteiger partial charge in [0, 0.05) is 11.8 Å². The maximum absolute atomic E-state index is 12.4. The number of nitrogen functional groups attached to an aromatic ring is 1. The lowest BCUT2D eigenvalue weighted by atomic mass is 10.1. The smallest absolute Gasteiger partial charge is 0.408 e. The average molecular weight is 218 g/mol. The van der Waals surface area contributed by atoms with E-state index >= 15 is 0 Å². The summed E-state index contributed by atoms with van der Waals surface area (Å²) in [5.41, 5.74) is 3.70. The summed E-state index contributed by atoms with van der Waals surface area (Å²) < 4.78 is 41.7. The molecular weight excluding hydrogens is 213 g/mol. The first-order valence-electron chi connectivity index (χ1n) is 3.87. The molecule has 0 aliphatic carbocycles. The van der Waals surface area contributed by atoms with Crippen molar-refractivity contribution in [3.63, 3.8) is 0 Å². The Morgan fingerprint density at radius 1 is 1.33 bits per heavy atom. The number of oxazole rings is 1. The Morgan fingerprint density at radius 2 is 2.00 bits per heavy atom. The van der Waals surface area contributed by atoms with Gasteiger partial charge < -0.3 is 10.2 Å². The summed E-state index contributed by atoms with van der Waals surface area (Å²) in [5, 5.41) is 0. The van der Waals surface area contributed by atoms with Crippen LogP contribution in [0.5, 0.6) is 0 Å². The first-order chi connectivity index (χ1) is 6.88. The number of aromatic nitrogens is 1. The van der Waals surface area contributed by atoms with Crippen molar-refractivity contribution in [2.75, 3.05) is 5.73 Å². The van der Waals surface area contributed by atoms with E-state index in [9.17, 15) is 18.0 Å². The summed E-state index contributed by atoms with van der Waals surface area (Å²) in [6.07, 6.45) is -4.55. The molecule has 0 aliphatic rings. The van der Waals surface area contributed by atoms with Crippen LogP contribution in [0.15, 0.2) is 21.3 Å². The molecule has 1 aromatic carbocycles. The van der Waals surface area contributed by atoms with Crippen LogP contribution in [-0.4, -0.2) is 4.98 Å². The summed E-state index contributed by atoms with van der Waals surface area (Å²) >= 11 is 0. The Bertz CT molecular complexity index is 567. The number of hydrogen-bond donors (Lipinski definition) is 2. The molecule has 80 valence electrons. The number of H-pyrrole nitrogens is 1. The molecule has 0 saturated heterocycles. The minimum Gasteiger partial charge on any atom is -0.408 e. The summed E-state index contributed by atoms with van der Waals surface area (Å²) in [6, 6.07) is 1.71. The molecule has 0 unspecified atom stereocenters. The lowest BCUT2D eigenvalue weighted by molar-refractivity contribution is -0.136. The molecule has 1 heterocycles. The first kappa shape index (κ1) is 9.63. The van der Waals surface area contributed by atoms with E-state index in [0.717, 1.165) is 12.1 Å². The van der Waals surface area contributed by atoms with Crippen molar-refractivity contribution < 1.29 is 17.6 Å². The van der Waals surface area contributed by atoms with Gasteiger partial charge in [0.05, 0.1) is 11.1 Å². The van der Waals surface area contributed by atoms with Crippen molar-refractivity contribution in [2.24, 2.45) is 0 Å². The Hall–Kier alpha value is -1.92. The van der Waals surface area contributed by atoms with E-state index in [4.69, 9.17) is 5.73 Å². The fraction of sp³-hybridized carbons (Fsp3) is 0.125. The van der Waals surface area contributed by atoms with Crippen molar-refractivity contribution in [3.05, 3.63) is 28.2 Å². The molecule has 15 heavy (non-hydrogen) atoms. The minimum absolute atomic E-state index is 0.00509. The molecule has 2 aromatic rings. The van der Waals surface area contributed by atoms with Gasteiger partial charge >= 0.3 is 11.9 Å². The highest BCUT2D eigenvalue weighted by atomic mass is 19.4. The SMILES string of the molecule is Nc1cc2oc(=O)[nH]c2cc1C(F)(F)F. The predicted molar refractivity (Wildman–Crippen MR) is 46.2 cm³/mol. The number of hydrogen-bond acceptors (Lipinski definition) is 3. The molecule has 0 spiro atoms. The van der Waals surface area contributed by atoms with Gasteiger partial charge in [0.1, 0.15) is 0 Å². The lowest BCUT2D eigenvalue weighted by Crippen LogP contribution is -2.08. The summed E-state index contributed by atoms with van der Waals surface area (Å²) in [7, 11) is 0. The van der Waals surface area contributed by atoms with Crippen molar-refractivity contribution in [1.29, 1.82) is 0 Å². The number of alkyl halides is 3. The first-order valence-corrected chi connectivity index (χ1v) is 3.87. The third kappa shape index (κ3) is 1.56. The fourth-order valence-electron chi connectivity index (χ4n) is 1.26. The number of aromatic amines is 1. The number of anilines is 1. The van der Waals surface area contributed by atoms with Crippen molar-refractivity contribution >= 4 is 16.8 Å². The van der Waals surface area contributed by atoms with Crippen molar-refractivity contribution in [3.8, 4) is 0 Å². The Balaban J connectivity index is 2.77. The highest BCUT2D eigenvalue weighted by molar-refractivity contribution is 5.78. The predicted octanol–water partition coefficient (Wildman–Crippen LogP) is 1.72. The van der Waals surface area contributed by atoms with E-state index in [2.05, 4.69) is 9.40 Å². The highest BCUT2D eigenvalue weighted by Crippen LogP contribution is 2.35. The van der Waals surface area contributed by atoms with Crippen molar-refractivity contribution in [1.82, 2.24) is 4.98 Å². The second-order valence-corrected chi connectivity index (χ2v) is 2.95. The number of halogens is 3. The number of fused-ring (bicyclic) bond motifs is 1. The molecule has 0 amide bonds. The molecule has 0 aliphatic heterocycles. The molecule has 7 heteroatoms. The van der Waals surface area contributed by atoms with Gasteiger partial charge in [-0.15, -0.1) is 0 Å². The molecule has 0 fully saturated rings. The molecule has 0 atom stereocenters. The third-order valence-corrected chi connectivity index (χ3v) is 1.90. The van der Waals surface area contributed by atoms with Crippen molar-refractivity contribution in [2.45, 2.75) is 6.18 Å². The maximum atomic E-state index is 12.4. The molecular formula is C8H5F3N2O2. The van der Waals surface area contributed by atoms with Crippen LogP contribution < -0.4 is 11.5 Å². The summed E-state index contributed by atoms with van der Waals surface area (Å²) in [4.78, 5) is 12.8. The van der Waals surface area contributed by atoms with Gasteiger partial charge in [0.2, 0.25) is 0 Å². The van der Waals surface area contributed by atoms with Gasteiger partial charge in [0.15, 0.2) is 5.58 Å². The normalized spacial score (nSPS) is 12.2. The fourth-order valence-corrected chi connectivity index (χ4v) is 1.26. The van der Waals surface area contributed by atoms with Crippen LogP contribution in [0.2, 0.25) is 0 Å². The molecule has 3 N–H and O–H groups in total. The Labute approximate surface area is 80.5 Å². The van der Waals surface area contributed by atoms with E-state index in [-0.39, 0.29) is 11.1 Å². The lowest BCUT2D eigenvalue weighted by Gasteiger charge is -2.08. The van der Waals surface area contributed by atoms with E-state index in [1.807, 2.05) is 0 Å². The number of rotatable bonds is 0. The van der Waals surface area contributed by atoms with E-state index < -0.39 is 23.2 Å². The van der Waals surface area contributed by atoms with Crippen LogP contribution in [0, 0.1) is 0 Å². The summed E-state index contributed by atoms with van der Waals surface area (Å²) in [5.74, 6) is -0.816. The Morgan fingerprint density at radius 3 is 2.60 bits per heavy atom. The zero-order valence-corrected chi connectivity index (χ0v) is 7.18. The maximum Gasteiger partial charge on any atom is 0.418 e. The van der Waals surface area contributed by atoms with Gasteiger partial charge in [-0.05, 0) is 6.07 Å². The van der Waals surface area contributed by atoms with Gasteiger partial charge in [-0.1, -0.05) is 0 Å². The zero-order valence-electron chi connectivity index (χ0n) is 7.18. The number of nitrogens with one attached hydrogen (secondary N) is 1. The largest absolute Gasteiger partial charge is 0.418 e. The topological polar surface area (TPSA) is 72.0 Å². The number of benzene rings is 1. The van der Waals surface area contributed by atoms with Gasteiger partial charge in [-0.2, -0.15) is 13.2 Å². The van der Waals surface area contributed by atoms with Crippen LogP contribution in [-0.2, 0) is 6.18 Å². The van der Waals surface area contributed by atoms with Crippen LogP contribution in [0.4, 0.5) is 18.9 Å².